The molecule has 0 spiro atoms. The summed E-state index contributed by atoms with van der Waals surface area (Å²) in [5, 5.41) is 8.53. The minimum Gasteiger partial charge on any atom is -0.481 e. The number of aliphatic carboxylic acids is 1. The summed E-state index contributed by atoms with van der Waals surface area (Å²) in [6.07, 6.45) is -2.06. The van der Waals surface area contributed by atoms with Crippen LogP contribution in [0.2, 0.25) is 0 Å². The number of carbonyl (C=O) groups excluding carboxylic acids is 2. The van der Waals surface area contributed by atoms with Crippen LogP contribution in [0.15, 0.2) is 12.2 Å². The van der Waals surface area contributed by atoms with E-state index in [2.05, 4.69) is 16.1 Å². The fourth-order valence-electron chi connectivity index (χ4n) is 0.797. The van der Waals surface area contributed by atoms with Crippen LogP contribution < -0.4 is 0 Å². The predicted molar refractivity (Wildman–Crippen MR) is 53.6 cm³/mol. The number of rotatable bonds is 6. The molecule has 0 heterocycles. The lowest BCUT2D eigenvalue weighted by Gasteiger charge is -2.14. The molecule has 6 heteroatoms. The standard InChI is InChI=1S/C10H14O6/c1-4-15-10(14)7(5-8(11)12)16-9(13)6(2)3/h7H,2,4-5H2,1,3H3,(H,11,12). The summed E-state index contributed by atoms with van der Waals surface area (Å²) < 4.78 is 9.22. The smallest absolute Gasteiger partial charge is 0.348 e. The second-order valence-corrected chi connectivity index (χ2v) is 3.02. The largest absolute Gasteiger partial charge is 0.481 e. The molecule has 0 amide bonds. The summed E-state index contributed by atoms with van der Waals surface area (Å²) in [7, 11) is 0. The summed E-state index contributed by atoms with van der Waals surface area (Å²) in [6.45, 7) is 6.36. The molecule has 0 bridgehead atoms. The van der Waals surface area contributed by atoms with Crippen molar-refractivity contribution < 1.29 is 29.0 Å². The van der Waals surface area contributed by atoms with Crippen molar-refractivity contribution in [3.05, 3.63) is 12.2 Å². The molecule has 16 heavy (non-hydrogen) atoms. The Morgan fingerprint density at radius 2 is 1.94 bits per heavy atom. The van der Waals surface area contributed by atoms with Gasteiger partial charge in [-0.1, -0.05) is 6.58 Å². The molecule has 6 nitrogen and oxygen atoms in total. The van der Waals surface area contributed by atoms with E-state index in [-0.39, 0.29) is 12.2 Å². The number of ether oxygens (including phenoxy) is 2. The third kappa shape index (κ3) is 5.14. The van der Waals surface area contributed by atoms with Gasteiger partial charge in [-0.15, -0.1) is 0 Å². The van der Waals surface area contributed by atoms with E-state index in [1.165, 1.54) is 6.92 Å². The van der Waals surface area contributed by atoms with Gasteiger partial charge in [0.1, 0.15) is 0 Å². The maximum atomic E-state index is 11.2. The van der Waals surface area contributed by atoms with Crippen molar-refractivity contribution in [1.82, 2.24) is 0 Å². The van der Waals surface area contributed by atoms with Crippen molar-refractivity contribution in [3.8, 4) is 0 Å². The molecule has 0 aliphatic heterocycles. The van der Waals surface area contributed by atoms with Crippen molar-refractivity contribution >= 4 is 17.9 Å². The molecule has 90 valence electrons. The van der Waals surface area contributed by atoms with Gasteiger partial charge in [0.05, 0.1) is 13.0 Å². The number of hydrogen-bond donors (Lipinski definition) is 1. The van der Waals surface area contributed by atoms with Gasteiger partial charge in [-0.2, -0.15) is 0 Å². The van der Waals surface area contributed by atoms with Crippen LogP contribution in [0.1, 0.15) is 20.3 Å². The predicted octanol–water partition coefficient (Wildman–Crippen LogP) is 0.512. The summed E-state index contributed by atoms with van der Waals surface area (Å²) in [5.74, 6) is -2.95. The Morgan fingerprint density at radius 1 is 1.38 bits per heavy atom. The SMILES string of the molecule is C=C(C)C(=O)OC(CC(=O)O)C(=O)OCC. The average molecular weight is 230 g/mol. The van der Waals surface area contributed by atoms with Crippen LogP contribution in [0, 0.1) is 0 Å². The Kier molecular flexibility index (Phi) is 5.84. The first-order valence-electron chi connectivity index (χ1n) is 4.63. The van der Waals surface area contributed by atoms with E-state index in [9.17, 15) is 14.4 Å². The number of carbonyl (C=O) groups is 3. The molecule has 0 aliphatic rings. The van der Waals surface area contributed by atoms with Gasteiger partial charge in [-0.3, -0.25) is 4.79 Å². The Labute approximate surface area is 92.8 Å². The quantitative estimate of drug-likeness (QED) is 0.528. The highest BCUT2D eigenvalue weighted by Crippen LogP contribution is 2.05. The molecule has 0 radical (unpaired) electrons. The van der Waals surface area contributed by atoms with Crippen LogP contribution in [-0.2, 0) is 23.9 Å². The lowest BCUT2D eigenvalue weighted by molar-refractivity contribution is -0.168. The van der Waals surface area contributed by atoms with Crippen LogP contribution in [0.25, 0.3) is 0 Å². The molecular formula is C10H14O6. The molecule has 0 fully saturated rings. The zero-order chi connectivity index (χ0) is 12.7. The molecule has 1 unspecified atom stereocenters. The van der Waals surface area contributed by atoms with Gasteiger partial charge in [0.25, 0.3) is 0 Å². The molecule has 0 aliphatic carbocycles. The fourth-order valence-corrected chi connectivity index (χ4v) is 0.797. The van der Waals surface area contributed by atoms with Crippen molar-refractivity contribution in [2.75, 3.05) is 6.61 Å². The van der Waals surface area contributed by atoms with Crippen molar-refractivity contribution in [1.29, 1.82) is 0 Å². The molecule has 0 saturated carbocycles. The van der Waals surface area contributed by atoms with E-state index in [4.69, 9.17) is 5.11 Å². The van der Waals surface area contributed by atoms with E-state index in [1.807, 2.05) is 0 Å². The number of hydrogen-bond acceptors (Lipinski definition) is 5. The highest BCUT2D eigenvalue weighted by molar-refractivity contribution is 5.90. The van der Waals surface area contributed by atoms with E-state index >= 15 is 0 Å². The van der Waals surface area contributed by atoms with Crippen LogP contribution in [-0.4, -0.2) is 35.7 Å². The second kappa shape index (κ2) is 6.60. The van der Waals surface area contributed by atoms with Gasteiger partial charge >= 0.3 is 17.9 Å². The molecule has 0 aromatic heterocycles. The molecule has 1 atom stereocenters. The average Bonchev–Trinajstić information content (AvgIpc) is 2.16. The summed E-state index contributed by atoms with van der Waals surface area (Å²) >= 11 is 0. The third-order valence-corrected chi connectivity index (χ3v) is 1.51. The van der Waals surface area contributed by atoms with Crippen molar-refractivity contribution in [2.24, 2.45) is 0 Å². The van der Waals surface area contributed by atoms with E-state index < -0.39 is 30.4 Å². The second-order valence-electron chi connectivity index (χ2n) is 3.02. The Balaban J connectivity index is 4.54. The Hall–Kier alpha value is -1.85. The normalized spacial score (nSPS) is 11.4. The summed E-state index contributed by atoms with van der Waals surface area (Å²) in [5.41, 5.74) is 0.0830. The van der Waals surface area contributed by atoms with E-state index in [0.717, 1.165) is 0 Å². The number of carboxylic acid groups (broad SMARTS) is 1. The molecule has 0 aromatic carbocycles. The van der Waals surface area contributed by atoms with Crippen LogP contribution in [0.4, 0.5) is 0 Å². The number of esters is 2. The van der Waals surface area contributed by atoms with Crippen molar-refractivity contribution in [3.63, 3.8) is 0 Å². The Bertz CT molecular complexity index is 306. The molecular weight excluding hydrogens is 216 g/mol. The fraction of sp³-hybridized carbons (Fsp3) is 0.500. The van der Waals surface area contributed by atoms with Gasteiger partial charge < -0.3 is 14.6 Å². The Morgan fingerprint density at radius 3 is 2.31 bits per heavy atom. The lowest BCUT2D eigenvalue weighted by atomic mass is 10.2. The summed E-state index contributed by atoms with van der Waals surface area (Å²) in [4.78, 5) is 32.8. The topological polar surface area (TPSA) is 89.9 Å². The minimum absolute atomic E-state index is 0.0829. The maximum Gasteiger partial charge on any atom is 0.348 e. The summed E-state index contributed by atoms with van der Waals surface area (Å²) in [6, 6.07) is 0. The molecule has 1 N–H and O–H groups in total. The molecule has 0 saturated heterocycles. The zero-order valence-corrected chi connectivity index (χ0v) is 9.19. The van der Waals surface area contributed by atoms with Crippen molar-refractivity contribution in [2.45, 2.75) is 26.4 Å². The maximum absolute atomic E-state index is 11.2. The van der Waals surface area contributed by atoms with Crippen LogP contribution in [0.3, 0.4) is 0 Å². The molecule has 0 aromatic rings. The van der Waals surface area contributed by atoms with E-state index in [0.29, 0.717) is 0 Å². The highest BCUT2D eigenvalue weighted by atomic mass is 16.6. The monoisotopic (exact) mass is 230 g/mol. The zero-order valence-electron chi connectivity index (χ0n) is 9.19. The first-order valence-corrected chi connectivity index (χ1v) is 4.63. The minimum atomic E-state index is -1.43. The number of carboxylic acids is 1. The lowest BCUT2D eigenvalue weighted by Crippen LogP contribution is -2.31. The first kappa shape index (κ1) is 14.2. The van der Waals surface area contributed by atoms with Gasteiger partial charge in [0.2, 0.25) is 6.10 Å². The van der Waals surface area contributed by atoms with Gasteiger partial charge in [0, 0.05) is 5.57 Å². The molecule has 0 rings (SSSR count). The van der Waals surface area contributed by atoms with Crippen LogP contribution in [0.5, 0.6) is 0 Å². The van der Waals surface area contributed by atoms with Gasteiger partial charge in [-0.25, -0.2) is 9.59 Å². The van der Waals surface area contributed by atoms with Crippen LogP contribution >= 0.6 is 0 Å². The third-order valence-electron chi connectivity index (χ3n) is 1.51. The highest BCUT2D eigenvalue weighted by Gasteiger charge is 2.27. The van der Waals surface area contributed by atoms with Gasteiger partial charge in [0.15, 0.2) is 0 Å². The first-order chi connectivity index (χ1) is 7.38. The van der Waals surface area contributed by atoms with E-state index in [1.54, 1.807) is 6.92 Å². The van der Waals surface area contributed by atoms with Gasteiger partial charge in [-0.05, 0) is 13.8 Å².